The van der Waals surface area contributed by atoms with Gasteiger partial charge in [-0.05, 0) is 56.3 Å². The van der Waals surface area contributed by atoms with Crippen LogP contribution < -0.4 is 10.1 Å². The monoisotopic (exact) mass is 334 g/mol. The first kappa shape index (κ1) is 17.4. The third kappa shape index (κ3) is 4.77. The molecule has 0 unspecified atom stereocenters. The van der Waals surface area contributed by atoms with Crippen LogP contribution in [-0.2, 0) is 9.53 Å². The SMILES string of the molecule is COCCCN1C(=O)/C(=C\c2ccc(OC(C)C)cc2)NC1=S. The largest absolute Gasteiger partial charge is 0.491 e. The summed E-state index contributed by atoms with van der Waals surface area (Å²) in [5.41, 5.74) is 1.41. The molecule has 0 atom stereocenters. The molecule has 0 aliphatic carbocycles. The molecule has 1 heterocycles. The lowest BCUT2D eigenvalue weighted by Gasteiger charge is -2.12. The molecule has 1 aromatic carbocycles. The molecule has 1 aliphatic rings. The van der Waals surface area contributed by atoms with Gasteiger partial charge < -0.3 is 14.8 Å². The summed E-state index contributed by atoms with van der Waals surface area (Å²) in [6, 6.07) is 7.60. The summed E-state index contributed by atoms with van der Waals surface area (Å²) in [5.74, 6) is 0.707. The normalized spacial score (nSPS) is 16.3. The highest BCUT2D eigenvalue weighted by Gasteiger charge is 2.29. The van der Waals surface area contributed by atoms with Crippen LogP contribution in [0, 0.1) is 0 Å². The highest BCUT2D eigenvalue weighted by Crippen LogP contribution is 2.18. The maximum absolute atomic E-state index is 12.4. The molecule has 1 aliphatic heterocycles. The molecule has 6 heteroatoms. The number of hydrogen-bond acceptors (Lipinski definition) is 4. The lowest BCUT2D eigenvalue weighted by molar-refractivity contribution is -0.122. The first-order chi connectivity index (χ1) is 11.0. The van der Waals surface area contributed by atoms with Crippen molar-refractivity contribution in [3.8, 4) is 5.75 Å². The van der Waals surface area contributed by atoms with Crippen LogP contribution in [0.1, 0.15) is 25.8 Å². The standard InChI is InChI=1S/C17H22N2O3S/c1-12(2)22-14-7-5-13(6-8-14)11-15-16(20)19(17(23)18-15)9-4-10-21-3/h5-8,11-12H,4,9-10H2,1-3H3,(H,18,23)/b15-11+. The number of nitrogens with one attached hydrogen (secondary N) is 1. The van der Waals surface area contributed by atoms with Gasteiger partial charge in [-0.15, -0.1) is 0 Å². The van der Waals surface area contributed by atoms with Crippen molar-refractivity contribution in [1.29, 1.82) is 0 Å². The first-order valence-corrected chi connectivity index (χ1v) is 8.02. The van der Waals surface area contributed by atoms with Crippen molar-refractivity contribution in [2.24, 2.45) is 0 Å². The van der Waals surface area contributed by atoms with E-state index < -0.39 is 0 Å². The predicted molar refractivity (Wildman–Crippen MR) is 94.1 cm³/mol. The van der Waals surface area contributed by atoms with Gasteiger partial charge in [0.15, 0.2) is 5.11 Å². The average molecular weight is 334 g/mol. The molecule has 124 valence electrons. The Labute approximate surface area is 142 Å². The maximum atomic E-state index is 12.4. The van der Waals surface area contributed by atoms with E-state index in [4.69, 9.17) is 21.7 Å². The van der Waals surface area contributed by atoms with Gasteiger partial charge in [-0.3, -0.25) is 9.69 Å². The maximum Gasteiger partial charge on any atom is 0.276 e. The Hall–Kier alpha value is -1.92. The van der Waals surface area contributed by atoms with E-state index in [1.54, 1.807) is 18.1 Å². The molecule has 0 spiro atoms. The molecule has 2 rings (SSSR count). The molecule has 23 heavy (non-hydrogen) atoms. The van der Waals surface area contributed by atoms with Crippen LogP contribution in [0.2, 0.25) is 0 Å². The molecule has 0 aromatic heterocycles. The van der Waals surface area contributed by atoms with E-state index in [1.807, 2.05) is 38.1 Å². The zero-order chi connectivity index (χ0) is 16.8. The van der Waals surface area contributed by atoms with Crippen molar-refractivity contribution in [2.45, 2.75) is 26.4 Å². The van der Waals surface area contributed by atoms with Crippen LogP contribution in [0.4, 0.5) is 0 Å². The van der Waals surface area contributed by atoms with Gasteiger partial charge in [0.1, 0.15) is 11.4 Å². The number of ether oxygens (including phenoxy) is 2. The van der Waals surface area contributed by atoms with Gasteiger partial charge in [0.05, 0.1) is 6.10 Å². The summed E-state index contributed by atoms with van der Waals surface area (Å²) in [6.07, 6.45) is 2.68. The highest BCUT2D eigenvalue weighted by molar-refractivity contribution is 7.80. The van der Waals surface area contributed by atoms with Crippen LogP contribution in [0.15, 0.2) is 30.0 Å². The molecular weight excluding hydrogens is 312 g/mol. The van der Waals surface area contributed by atoms with E-state index in [9.17, 15) is 4.79 Å². The fraction of sp³-hybridized carbons (Fsp3) is 0.412. The minimum atomic E-state index is -0.103. The van der Waals surface area contributed by atoms with Crippen molar-refractivity contribution in [1.82, 2.24) is 10.2 Å². The van der Waals surface area contributed by atoms with Crippen LogP contribution >= 0.6 is 12.2 Å². The van der Waals surface area contributed by atoms with Gasteiger partial charge in [0.25, 0.3) is 5.91 Å². The molecule has 0 radical (unpaired) electrons. The Morgan fingerprint density at radius 3 is 2.61 bits per heavy atom. The van der Waals surface area contributed by atoms with Gasteiger partial charge >= 0.3 is 0 Å². The molecule has 1 N–H and O–H groups in total. The molecule has 0 bridgehead atoms. The Morgan fingerprint density at radius 2 is 2.00 bits per heavy atom. The second-order valence-electron chi connectivity index (χ2n) is 5.53. The average Bonchev–Trinajstić information content (AvgIpc) is 2.76. The number of nitrogens with zero attached hydrogens (tertiary/aromatic N) is 1. The van der Waals surface area contributed by atoms with E-state index in [1.165, 1.54) is 0 Å². The molecular formula is C17H22N2O3S. The quantitative estimate of drug-likeness (QED) is 0.472. The molecule has 1 fully saturated rings. The van der Waals surface area contributed by atoms with Crippen molar-refractivity contribution in [3.63, 3.8) is 0 Å². The summed E-state index contributed by atoms with van der Waals surface area (Å²) < 4.78 is 10.6. The summed E-state index contributed by atoms with van der Waals surface area (Å²) in [6.45, 7) is 5.12. The molecule has 1 amide bonds. The number of carbonyl (C=O) groups excluding carboxylic acids is 1. The first-order valence-electron chi connectivity index (χ1n) is 7.61. The minimum absolute atomic E-state index is 0.103. The predicted octanol–water partition coefficient (Wildman–Crippen LogP) is 2.57. The summed E-state index contributed by atoms with van der Waals surface area (Å²) in [4.78, 5) is 13.9. The number of amides is 1. The number of thiocarbonyl (C=S) groups is 1. The smallest absolute Gasteiger partial charge is 0.276 e. The topological polar surface area (TPSA) is 50.8 Å². The van der Waals surface area contributed by atoms with E-state index in [2.05, 4.69) is 5.32 Å². The van der Waals surface area contributed by atoms with Gasteiger partial charge in [-0.1, -0.05) is 12.1 Å². The summed E-state index contributed by atoms with van der Waals surface area (Å²) >= 11 is 5.22. The van der Waals surface area contributed by atoms with Crippen LogP contribution in [-0.4, -0.2) is 42.3 Å². The second kappa shape index (κ2) is 8.08. The molecule has 0 saturated carbocycles. The van der Waals surface area contributed by atoms with E-state index >= 15 is 0 Å². The zero-order valence-electron chi connectivity index (χ0n) is 13.7. The Morgan fingerprint density at radius 1 is 1.30 bits per heavy atom. The number of benzene rings is 1. The van der Waals surface area contributed by atoms with Crippen LogP contribution in [0.3, 0.4) is 0 Å². The lowest BCUT2D eigenvalue weighted by Crippen LogP contribution is -2.32. The van der Waals surface area contributed by atoms with E-state index in [0.717, 1.165) is 17.7 Å². The fourth-order valence-electron chi connectivity index (χ4n) is 2.22. The molecule has 5 nitrogen and oxygen atoms in total. The second-order valence-corrected chi connectivity index (χ2v) is 5.91. The van der Waals surface area contributed by atoms with Gasteiger partial charge in [-0.2, -0.15) is 0 Å². The third-order valence-corrected chi connectivity index (χ3v) is 3.58. The van der Waals surface area contributed by atoms with E-state index in [-0.39, 0.29) is 12.0 Å². The van der Waals surface area contributed by atoms with Crippen LogP contribution in [0.5, 0.6) is 5.75 Å². The summed E-state index contributed by atoms with van der Waals surface area (Å²) in [7, 11) is 1.64. The number of carbonyl (C=O) groups is 1. The van der Waals surface area contributed by atoms with Crippen molar-refractivity contribution >= 4 is 29.3 Å². The van der Waals surface area contributed by atoms with Crippen molar-refractivity contribution in [3.05, 3.63) is 35.5 Å². The van der Waals surface area contributed by atoms with Crippen molar-refractivity contribution < 1.29 is 14.3 Å². The van der Waals surface area contributed by atoms with E-state index in [0.29, 0.717) is 24.0 Å². The lowest BCUT2D eigenvalue weighted by atomic mass is 10.2. The fourth-order valence-corrected chi connectivity index (χ4v) is 2.51. The third-order valence-electron chi connectivity index (χ3n) is 3.26. The molecule has 1 saturated heterocycles. The van der Waals surface area contributed by atoms with Gasteiger partial charge in [-0.25, -0.2) is 0 Å². The zero-order valence-corrected chi connectivity index (χ0v) is 14.5. The minimum Gasteiger partial charge on any atom is -0.491 e. The van der Waals surface area contributed by atoms with Crippen molar-refractivity contribution in [2.75, 3.05) is 20.3 Å². The molecule has 1 aromatic rings. The van der Waals surface area contributed by atoms with Gasteiger partial charge in [0.2, 0.25) is 0 Å². The number of rotatable bonds is 7. The summed E-state index contributed by atoms with van der Waals surface area (Å²) in [5, 5.41) is 3.41. The van der Waals surface area contributed by atoms with Gasteiger partial charge in [0, 0.05) is 20.3 Å². The Kier molecular flexibility index (Phi) is 6.12. The number of methoxy groups -OCH3 is 1. The number of hydrogen-bond donors (Lipinski definition) is 1. The highest BCUT2D eigenvalue weighted by atomic mass is 32.1. The van der Waals surface area contributed by atoms with Crippen LogP contribution in [0.25, 0.3) is 6.08 Å². The Balaban J connectivity index is 2.05. The Bertz CT molecular complexity index is 596.